The van der Waals surface area contributed by atoms with E-state index in [1.165, 1.54) is 27.1 Å². The highest BCUT2D eigenvalue weighted by Gasteiger charge is 2.40. The lowest BCUT2D eigenvalue weighted by Crippen LogP contribution is -2.60. The van der Waals surface area contributed by atoms with Crippen LogP contribution < -0.4 is 14.4 Å². The molecule has 23 heteroatoms. The first kappa shape index (κ1) is 66.4. The third-order valence-corrected chi connectivity index (χ3v) is 20.4. The van der Waals surface area contributed by atoms with Crippen molar-refractivity contribution >= 4 is 99.5 Å². The molecule has 12 rings (SSSR count). The predicted octanol–water partition coefficient (Wildman–Crippen LogP) is 13.6. The Bertz CT molecular complexity index is 4290. The molecule has 20 nitrogen and oxygen atoms in total. The molecule has 3 aliphatic heterocycles. The summed E-state index contributed by atoms with van der Waals surface area (Å²) in [6.07, 6.45) is 4.19. The van der Waals surface area contributed by atoms with Gasteiger partial charge in [-0.1, -0.05) is 103 Å². The third-order valence-electron chi connectivity index (χ3n) is 15.7. The highest BCUT2D eigenvalue weighted by molar-refractivity contribution is 7.99. The standard InChI is InChI=1S/C23H28N3O5S.C23H27N3O4S.C23H27N3O2S.H2/c1-23(2,3)31-22(27)25-12-14-26(28,15-13-25)19-11-7-10-18-20(16-24-21(18)19)32(29,30)17-8-5-4-6-9-17;1-23(2,3)30-22(27)26-14-12-25(13-15-26)19-11-7-10-18-20(16-24-21(18)19)31(28,29)17-8-5-4-6-9-17;1-23(2,3)28-22(27)26-14-12-25(13-15-26)19-11-7-10-18-20(16-24-21(18)19)29-17-8-5-4-6-9-17;/h4-11,16,24,28H,12-15H2,1-3H3;4-11,16,24H,12-15H2,1-3H3;4-11,16,24H,12-15H2,1-3H3;1H/q+1;;;. The number of fused-ring (bicyclic) bond motifs is 3. The SMILES string of the molecule is CC(C)(C)OC(=O)N1CCN(c2cccc3c(S(=O)(=O)c4ccccc4)c[nH]c23)CC1.CC(C)(C)OC(=O)N1CCN(c2cccc3c(Sc4ccccc4)c[nH]c23)CC1.CC(C)(C)OC(=O)N1CC[N+](O)(c2cccc3c(S(=O)(=O)c4ccccc4)c[nH]c23)CC1.[HH]. The van der Waals surface area contributed by atoms with E-state index in [9.17, 15) is 36.4 Å². The molecule has 3 saturated heterocycles. The number of para-hydroxylation sites is 3. The quantitative estimate of drug-likeness (QED) is 0.0778. The molecule has 3 fully saturated rings. The summed E-state index contributed by atoms with van der Waals surface area (Å²) in [6, 6.07) is 44.5. The Balaban J connectivity index is 0.000000164. The number of nitrogens with zero attached hydrogens (tertiary/aromatic N) is 6. The molecule has 9 aromatic rings. The number of sulfone groups is 2. The van der Waals surface area contributed by atoms with E-state index in [0.717, 1.165) is 29.8 Å². The lowest BCUT2D eigenvalue weighted by atomic mass is 10.2. The number of amides is 3. The maximum Gasteiger partial charge on any atom is 0.410 e. The number of benzene rings is 6. The number of carbonyl (C=O) groups is 3. The van der Waals surface area contributed by atoms with E-state index >= 15 is 0 Å². The van der Waals surface area contributed by atoms with E-state index in [1.807, 2.05) is 86.6 Å². The first-order valence-corrected chi connectivity index (χ1v) is 34.5. The van der Waals surface area contributed by atoms with Crippen LogP contribution in [0.2, 0.25) is 0 Å². The van der Waals surface area contributed by atoms with Crippen LogP contribution >= 0.6 is 11.8 Å². The molecule has 0 unspecified atom stereocenters. The van der Waals surface area contributed by atoms with Gasteiger partial charge in [-0.15, -0.1) is 4.65 Å². The molecule has 0 bridgehead atoms. The van der Waals surface area contributed by atoms with E-state index in [4.69, 9.17) is 14.2 Å². The van der Waals surface area contributed by atoms with Crippen molar-refractivity contribution in [2.75, 3.05) is 88.3 Å². The number of hydroxylamine groups is 2. The maximum absolute atomic E-state index is 13.2. The molecular formula is C69H84N9O11S3+. The van der Waals surface area contributed by atoms with Gasteiger partial charge in [-0.3, -0.25) is 4.90 Å². The average molecular weight is 1310 g/mol. The Labute approximate surface area is 543 Å². The molecule has 0 radical (unpaired) electrons. The lowest BCUT2D eigenvalue weighted by molar-refractivity contribution is -0.105. The molecule has 3 aliphatic rings. The topological polar surface area (TPSA) is 231 Å². The fourth-order valence-electron chi connectivity index (χ4n) is 11.3. The van der Waals surface area contributed by atoms with Gasteiger partial charge in [0.2, 0.25) is 19.7 Å². The van der Waals surface area contributed by atoms with Crippen LogP contribution in [0.3, 0.4) is 0 Å². The maximum atomic E-state index is 13.2. The molecule has 6 aromatic carbocycles. The Kier molecular flexibility index (Phi) is 19.5. The second-order valence-electron chi connectivity index (χ2n) is 25.9. The molecule has 3 aromatic heterocycles. The Morgan fingerprint density at radius 1 is 0.446 bits per heavy atom. The fourth-order valence-corrected chi connectivity index (χ4v) is 15.1. The van der Waals surface area contributed by atoms with Crippen molar-refractivity contribution in [3.8, 4) is 0 Å². The highest BCUT2D eigenvalue weighted by Crippen LogP contribution is 2.40. The second-order valence-corrected chi connectivity index (χ2v) is 30.8. The van der Waals surface area contributed by atoms with Crippen molar-refractivity contribution in [3.05, 3.63) is 164 Å². The van der Waals surface area contributed by atoms with Crippen molar-refractivity contribution in [1.82, 2.24) is 34.3 Å². The molecule has 92 heavy (non-hydrogen) atoms. The number of anilines is 2. The Morgan fingerprint density at radius 3 is 1.24 bits per heavy atom. The molecule has 0 aliphatic carbocycles. The molecule has 0 atom stereocenters. The molecule has 0 saturated carbocycles. The van der Waals surface area contributed by atoms with Crippen LogP contribution in [0.1, 0.15) is 63.7 Å². The van der Waals surface area contributed by atoms with Crippen molar-refractivity contribution in [1.29, 1.82) is 0 Å². The van der Waals surface area contributed by atoms with Crippen LogP contribution in [0.25, 0.3) is 32.7 Å². The van der Waals surface area contributed by atoms with Gasteiger partial charge in [-0.2, -0.15) is 0 Å². The summed E-state index contributed by atoms with van der Waals surface area (Å²) >= 11 is 1.77. The number of rotatable bonds is 9. The number of quaternary nitrogens is 1. The number of hydrogen-bond acceptors (Lipinski definition) is 14. The summed E-state index contributed by atoms with van der Waals surface area (Å²) in [6.45, 7) is 23.1. The van der Waals surface area contributed by atoms with Crippen LogP contribution in [0.5, 0.6) is 0 Å². The molecule has 3 amide bonds. The van der Waals surface area contributed by atoms with Gasteiger partial charge in [0.05, 0.1) is 55.1 Å². The van der Waals surface area contributed by atoms with Gasteiger partial charge in [-0.25, -0.2) is 36.4 Å². The molecule has 4 N–H and O–H groups in total. The number of carbonyl (C=O) groups excluding carboxylic acids is 3. The number of ether oxygens (including phenoxy) is 3. The average Bonchev–Trinajstić information content (AvgIpc) is 1.70. The molecular weight excluding hydrogens is 1230 g/mol. The summed E-state index contributed by atoms with van der Waals surface area (Å²) in [5.74, 6) is 0. The van der Waals surface area contributed by atoms with E-state index in [0.29, 0.717) is 74.3 Å². The van der Waals surface area contributed by atoms with Gasteiger partial charge in [0.25, 0.3) is 0 Å². The number of nitrogens with one attached hydrogen (secondary N) is 3. The summed E-state index contributed by atoms with van der Waals surface area (Å²) in [5, 5.41) is 13.8. The number of H-pyrrole nitrogens is 3. The van der Waals surface area contributed by atoms with E-state index < -0.39 is 47.2 Å². The first-order chi connectivity index (χ1) is 43.6. The number of aromatic amines is 3. The van der Waals surface area contributed by atoms with Gasteiger partial charge >= 0.3 is 18.3 Å². The zero-order chi connectivity index (χ0) is 65.8. The molecule has 0 spiro atoms. The largest absolute Gasteiger partial charge is 0.444 e. The normalized spacial score (nSPS) is 15.7. The second kappa shape index (κ2) is 27.0. The number of aromatic nitrogens is 3. The summed E-state index contributed by atoms with van der Waals surface area (Å²) in [4.78, 5) is 59.7. The van der Waals surface area contributed by atoms with Crippen LogP contribution in [0, 0.1) is 0 Å². The van der Waals surface area contributed by atoms with E-state index in [2.05, 4.69) is 73.4 Å². The van der Waals surface area contributed by atoms with Gasteiger partial charge in [0, 0.05) is 104 Å². The lowest BCUT2D eigenvalue weighted by Gasteiger charge is -2.38. The molecule has 6 heterocycles. The van der Waals surface area contributed by atoms with Crippen molar-refractivity contribution in [2.45, 2.75) is 108 Å². The van der Waals surface area contributed by atoms with Gasteiger partial charge in [0.15, 0.2) is 5.69 Å². The minimum absolute atomic E-state index is 0. The minimum Gasteiger partial charge on any atom is -0.444 e. The molecule has 488 valence electrons. The van der Waals surface area contributed by atoms with E-state index in [-0.39, 0.29) is 46.3 Å². The van der Waals surface area contributed by atoms with Crippen LogP contribution in [-0.2, 0) is 33.9 Å². The van der Waals surface area contributed by atoms with Crippen LogP contribution in [0.15, 0.2) is 194 Å². The first-order valence-electron chi connectivity index (χ1n) is 30.8. The van der Waals surface area contributed by atoms with Crippen molar-refractivity contribution in [2.24, 2.45) is 0 Å². The highest BCUT2D eigenvalue weighted by atomic mass is 32.2. The summed E-state index contributed by atoms with van der Waals surface area (Å²) in [5.41, 5.74) is 3.61. The van der Waals surface area contributed by atoms with Gasteiger partial charge < -0.3 is 48.8 Å². The Morgan fingerprint density at radius 2 is 0.804 bits per heavy atom. The van der Waals surface area contributed by atoms with E-state index in [1.54, 1.807) is 112 Å². The monoisotopic (exact) mass is 1310 g/mol. The van der Waals surface area contributed by atoms with Crippen LogP contribution in [-0.4, -0.2) is 165 Å². The minimum atomic E-state index is -3.72. The summed E-state index contributed by atoms with van der Waals surface area (Å²) in [7, 11) is -7.34. The Hall–Kier alpha value is -8.48. The van der Waals surface area contributed by atoms with Crippen LogP contribution in [0.4, 0.5) is 31.4 Å². The third kappa shape index (κ3) is 15.4. The number of hydrogen-bond donors (Lipinski definition) is 4. The van der Waals surface area contributed by atoms with Crippen molar-refractivity contribution in [3.63, 3.8) is 0 Å². The smallest absolute Gasteiger partial charge is 0.410 e. The number of piperazine rings is 3. The predicted molar refractivity (Wildman–Crippen MR) is 363 cm³/mol. The van der Waals surface area contributed by atoms with Gasteiger partial charge in [0.1, 0.15) is 35.4 Å². The van der Waals surface area contributed by atoms with Gasteiger partial charge in [-0.05, 0) is 111 Å². The zero-order valence-corrected chi connectivity index (χ0v) is 56.0. The summed E-state index contributed by atoms with van der Waals surface area (Å²) < 4.78 is 68.6. The zero-order valence-electron chi connectivity index (χ0n) is 53.5. The fraction of sp³-hybridized carbons (Fsp3) is 0.348. The van der Waals surface area contributed by atoms with Crippen molar-refractivity contribution < 1.29 is 52.1 Å².